The number of hydrogen-bond donors (Lipinski definition) is 0. The van der Waals surface area contributed by atoms with Crippen LogP contribution in [0.3, 0.4) is 0 Å². The standard InChI is InChI=1S/C24H38/c1-4-7-10-15-20-21(16-11-8-5-2)23-18-13-14-19-24(23)22(20)17-12-9-6-3/h13-14,18-19,21H,4-12,15-17H2,1-3H3. The zero-order valence-electron chi connectivity index (χ0n) is 16.4. The maximum Gasteiger partial charge on any atom is 0.00602 e. The largest absolute Gasteiger partial charge is 0.0654 e. The monoisotopic (exact) mass is 326 g/mol. The summed E-state index contributed by atoms with van der Waals surface area (Å²) in [6.45, 7) is 6.95. The molecule has 134 valence electrons. The Morgan fingerprint density at radius 1 is 0.708 bits per heavy atom. The third-order valence-electron chi connectivity index (χ3n) is 5.65. The van der Waals surface area contributed by atoms with Crippen LogP contribution in [-0.2, 0) is 0 Å². The lowest BCUT2D eigenvalue weighted by atomic mass is 9.87. The Labute approximate surface area is 150 Å². The van der Waals surface area contributed by atoms with Crippen LogP contribution in [0.1, 0.15) is 115 Å². The number of hydrogen-bond acceptors (Lipinski definition) is 0. The second-order valence-electron chi connectivity index (χ2n) is 7.55. The third kappa shape index (κ3) is 4.98. The topological polar surface area (TPSA) is 0 Å². The highest BCUT2D eigenvalue weighted by molar-refractivity contribution is 5.78. The van der Waals surface area contributed by atoms with Gasteiger partial charge in [0.2, 0.25) is 0 Å². The fourth-order valence-electron chi connectivity index (χ4n) is 4.31. The Balaban J connectivity index is 2.23. The van der Waals surface area contributed by atoms with Crippen LogP contribution in [0.15, 0.2) is 29.8 Å². The summed E-state index contributed by atoms with van der Waals surface area (Å²) in [7, 11) is 0. The summed E-state index contributed by atoms with van der Waals surface area (Å²) in [4.78, 5) is 0. The maximum absolute atomic E-state index is 2.42. The van der Waals surface area contributed by atoms with E-state index in [1.807, 2.05) is 5.57 Å². The number of unbranched alkanes of at least 4 members (excludes halogenated alkanes) is 6. The van der Waals surface area contributed by atoms with E-state index in [0.717, 1.165) is 5.92 Å². The molecule has 1 aromatic rings. The molecule has 24 heavy (non-hydrogen) atoms. The van der Waals surface area contributed by atoms with Crippen LogP contribution in [-0.4, -0.2) is 0 Å². The molecule has 1 unspecified atom stereocenters. The van der Waals surface area contributed by atoms with Gasteiger partial charge < -0.3 is 0 Å². The average molecular weight is 327 g/mol. The van der Waals surface area contributed by atoms with Gasteiger partial charge in [-0.25, -0.2) is 0 Å². The van der Waals surface area contributed by atoms with E-state index in [9.17, 15) is 0 Å². The van der Waals surface area contributed by atoms with Crippen molar-refractivity contribution in [1.82, 2.24) is 0 Å². The fraction of sp³-hybridized carbons (Fsp3) is 0.667. The van der Waals surface area contributed by atoms with Crippen molar-refractivity contribution >= 4 is 5.57 Å². The van der Waals surface area contributed by atoms with Gasteiger partial charge in [-0.15, -0.1) is 0 Å². The summed E-state index contributed by atoms with van der Waals surface area (Å²) < 4.78 is 0. The van der Waals surface area contributed by atoms with Crippen molar-refractivity contribution in [3.05, 3.63) is 41.0 Å². The number of allylic oxidation sites excluding steroid dienone is 2. The van der Waals surface area contributed by atoms with Crippen LogP contribution in [0.25, 0.3) is 5.57 Å². The molecule has 0 saturated carbocycles. The first-order chi connectivity index (χ1) is 11.8. The lowest BCUT2D eigenvalue weighted by molar-refractivity contribution is 0.592. The minimum absolute atomic E-state index is 0.723. The zero-order chi connectivity index (χ0) is 17.2. The molecule has 1 aromatic carbocycles. The predicted molar refractivity (Wildman–Crippen MR) is 109 cm³/mol. The van der Waals surface area contributed by atoms with E-state index in [-0.39, 0.29) is 0 Å². The van der Waals surface area contributed by atoms with E-state index in [0.29, 0.717) is 0 Å². The van der Waals surface area contributed by atoms with Crippen LogP contribution < -0.4 is 0 Å². The molecule has 0 heteroatoms. The SMILES string of the molecule is CCCCCC1=C(CCCCC)C(CCCCC)c2ccccc21. The molecule has 1 atom stereocenters. The summed E-state index contributed by atoms with van der Waals surface area (Å²) in [5, 5.41) is 0. The molecule has 0 saturated heterocycles. The lowest BCUT2D eigenvalue weighted by Gasteiger charge is -2.17. The fourth-order valence-corrected chi connectivity index (χ4v) is 4.31. The molecular formula is C24H38. The quantitative estimate of drug-likeness (QED) is 0.339. The van der Waals surface area contributed by atoms with Gasteiger partial charge in [-0.2, -0.15) is 0 Å². The highest BCUT2D eigenvalue weighted by Gasteiger charge is 2.29. The molecule has 0 bridgehead atoms. The van der Waals surface area contributed by atoms with Gasteiger partial charge in [-0.1, -0.05) is 95.6 Å². The van der Waals surface area contributed by atoms with Crippen molar-refractivity contribution < 1.29 is 0 Å². The van der Waals surface area contributed by atoms with Gasteiger partial charge in [0.25, 0.3) is 0 Å². The molecule has 1 aliphatic carbocycles. The van der Waals surface area contributed by atoms with Gasteiger partial charge in [0.05, 0.1) is 0 Å². The lowest BCUT2D eigenvalue weighted by Crippen LogP contribution is -2.00. The maximum atomic E-state index is 2.42. The highest BCUT2D eigenvalue weighted by atomic mass is 14.3. The van der Waals surface area contributed by atoms with Crippen molar-refractivity contribution in [2.24, 2.45) is 0 Å². The number of benzene rings is 1. The molecule has 0 aromatic heterocycles. The first-order valence-electron chi connectivity index (χ1n) is 10.6. The Morgan fingerprint density at radius 3 is 2.04 bits per heavy atom. The Kier molecular flexibility index (Phi) is 8.64. The van der Waals surface area contributed by atoms with Crippen LogP contribution in [0.2, 0.25) is 0 Å². The molecule has 0 heterocycles. The van der Waals surface area contributed by atoms with Crippen molar-refractivity contribution in [3.8, 4) is 0 Å². The van der Waals surface area contributed by atoms with E-state index in [4.69, 9.17) is 0 Å². The van der Waals surface area contributed by atoms with Crippen molar-refractivity contribution in [2.45, 2.75) is 104 Å². The zero-order valence-corrected chi connectivity index (χ0v) is 16.4. The predicted octanol–water partition coefficient (Wildman–Crippen LogP) is 8.28. The second kappa shape index (κ2) is 10.7. The van der Waals surface area contributed by atoms with Crippen LogP contribution in [0.4, 0.5) is 0 Å². The third-order valence-corrected chi connectivity index (χ3v) is 5.65. The molecule has 0 amide bonds. The highest BCUT2D eigenvalue weighted by Crippen LogP contribution is 2.48. The van der Waals surface area contributed by atoms with Crippen molar-refractivity contribution in [2.75, 3.05) is 0 Å². The molecule has 0 fully saturated rings. The van der Waals surface area contributed by atoms with Crippen LogP contribution in [0, 0.1) is 0 Å². The van der Waals surface area contributed by atoms with Crippen LogP contribution >= 0.6 is 0 Å². The summed E-state index contributed by atoms with van der Waals surface area (Å²) in [5.41, 5.74) is 6.79. The van der Waals surface area contributed by atoms with Crippen LogP contribution in [0.5, 0.6) is 0 Å². The molecule has 1 aliphatic rings. The van der Waals surface area contributed by atoms with Gasteiger partial charge in [-0.3, -0.25) is 0 Å². The molecule has 0 nitrogen and oxygen atoms in total. The van der Waals surface area contributed by atoms with E-state index in [1.54, 1.807) is 16.7 Å². The van der Waals surface area contributed by atoms with Gasteiger partial charge in [0, 0.05) is 5.92 Å². The van der Waals surface area contributed by atoms with Crippen molar-refractivity contribution in [3.63, 3.8) is 0 Å². The summed E-state index contributed by atoms with van der Waals surface area (Å²) in [6.07, 6.45) is 16.2. The smallest absolute Gasteiger partial charge is 0.00602 e. The van der Waals surface area contributed by atoms with E-state index >= 15 is 0 Å². The van der Waals surface area contributed by atoms with Gasteiger partial charge >= 0.3 is 0 Å². The van der Waals surface area contributed by atoms with Crippen molar-refractivity contribution in [1.29, 1.82) is 0 Å². The molecule has 0 radical (unpaired) electrons. The molecule has 0 N–H and O–H groups in total. The van der Waals surface area contributed by atoms with Gasteiger partial charge in [0.15, 0.2) is 0 Å². The minimum Gasteiger partial charge on any atom is -0.0654 e. The Morgan fingerprint density at radius 2 is 1.33 bits per heavy atom. The minimum atomic E-state index is 0.723. The second-order valence-corrected chi connectivity index (χ2v) is 7.55. The van der Waals surface area contributed by atoms with Gasteiger partial charge in [-0.05, 0) is 48.8 Å². The molecule has 2 rings (SSSR count). The molecule has 0 aliphatic heterocycles. The molecule has 0 spiro atoms. The Bertz CT molecular complexity index is 509. The first kappa shape index (κ1) is 19.3. The summed E-state index contributed by atoms with van der Waals surface area (Å²) in [6, 6.07) is 9.32. The first-order valence-corrected chi connectivity index (χ1v) is 10.6. The Hall–Kier alpha value is -1.04. The average Bonchev–Trinajstić information content (AvgIpc) is 2.89. The summed E-state index contributed by atoms with van der Waals surface area (Å²) >= 11 is 0. The van der Waals surface area contributed by atoms with E-state index in [2.05, 4.69) is 45.0 Å². The number of fused-ring (bicyclic) bond motifs is 1. The summed E-state index contributed by atoms with van der Waals surface area (Å²) in [5.74, 6) is 0.723. The normalized spacial score (nSPS) is 16.7. The van der Waals surface area contributed by atoms with E-state index in [1.165, 1.54) is 77.0 Å². The van der Waals surface area contributed by atoms with E-state index < -0.39 is 0 Å². The molecular weight excluding hydrogens is 288 g/mol. The number of rotatable bonds is 12. The van der Waals surface area contributed by atoms with Gasteiger partial charge in [0.1, 0.15) is 0 Å².